The molecule has 0 atom stereocenters. The van der Waals surface area contributed by atoms with E-state index in [4.69, 9.17) is 17.4 Å². The van der Waals surface area contributed by atoms with Crippen molar-refractivity contribution in [1.29, 1.82) is 0 Å². The molecular formula is C14H11BrClN5. The minimum Gasteiger partial charge on any atom is -0.339 e. The fourth-order valence-corrected chi connectivity index (χ4v) is 2.48. The Kier molecular flexibility index (Phi) is 3.92. The van der Waals surface area contributed by atoms with E-state index in [9.17, 15) is 0 Å². The van der Waals surface area contributed by atoms with Crippen molar-refractivity contribution >= 4 is 55.9 Å². The molecule has 0 bridgehead atoms. The topological polar surface area (TPSA) is 75.9 Å². The van der Waals surface area contributed by atoms with Crippen LogP contribution in [-0.4, -0.2) is 9.97 Å². The van der Waals surface area contributed by atoms with Crippen LogP contribution in [0.4, 0.5) is 17.5 Å². The van der Waals surface area contributed by atoms with Crippen LogP contribution in [0.2, 0.25) is 5.02 Å². The molecule has 2 aromatic carbocycles. The van der Waals surface area contributed by atoms with Crippen molar-refractivity contribution in [3.05, 3.63) is 52.0 Å². The molecule has 0 radical (unpaired) electrons. The monoisotopic (exact) mass is 363 g/mol. The smallest absolute Gasteiger partial charge is 0.239 e. The van der Waals surface area contributed by atoms with E-state index in [1.165, 1.54) is 0 Å². The number of nitrogens with zero attached hydrogens (tertiary/aromatic N) is 2. The maximum atomic E-state index is 6.03. The van der Waals surface area contributed by atoms with Crippen molar-refractivity contribution in [2.45, 2.75) is 0 Å². The van der Waals surface area contributed by atoms with Gasteiger partial charge in [0.25, 0.3) is 0 Å². The number of halogens is 2. The Bertz CT molecular complexity index is 808. The van der Waals surface area contributed by atoms with Crippen LogP contribution in [0.3, 0.4) is 0 Å². The van der Waals surface area contributed by atoms with E-state index < -0.39 is 0 Å². The molecule has 5 nitrogen and oxygen atoms in total. The van der Waals surface area contributed by atoms with Crippen LogP contribution < -0.4 is 16.6 Å². The lowest BCUT2D eigenvalue weighted by atomic mass is 10.2. The summed E-state index contributed by atoms with van der Waals surface area (Å²) in [4.78, 5) is 8.67. The lowest BCUT2D eigenvalue weighted by molar-refractivity contribution is 1.15. The Morgan fingerprint density at radius 1 is 1.10 bits per heavy atom. The van der Waals surface area contributed by atoms with Crippen molar-refractivity contribution in [3.63, 3.8) is 0 Å². The fraction of sp³-hybridized carbons (Fsp3) is 0. The third-order valence-corrected chi connectivity index (χ3v) is 3.84. The highest BCUT2D eigenvalue weighted by atomic mass is 79.9. The molecule has 0 spiro atoms. The molecule has 106 valence electrons. The van der Waals surface area contributed by atoms with Gasteiger partial charge < -0.3 is 5.32 Å². The Morgan fingerprint density at radius 2 is 1.90 bits per heavy atom. The van der Waals surface area contributed by atoms with E-state index in [1.54, 1.807) is 0 Å². The largest absolute Gasteiger partial charge is 0.339 e. The average molecular weight is 365 g/mol. The summed E-state index contributed by atoms with van der Waals surface area (Å²) in [6.45, 7) is 0. The van der Waals surface area contributed by atoms with E-state index in [0.717, 1.165) is 21.1 Å². The SMILES string of the molecule is NNc1nc(Nc2cc(Cl)ccc2Br)c2ccccc2n1. The number of nitrogens with two attached hydrogens (primary N) is 1. The van der Waals surface area contributed by atoms with Gasteiger partial charge in [0.1, 0.15) is 5.82 Å². The minimum absolute atomic E-state index is 0.342. The van der Waals surface area contributed by atoms with Crippen molar-refractivity contribution in [1.82, 2.24) is 9.97 Å². The minimum atomic E-state index is 0.342. The van der Waals surface area contributed by atoms with E-state index in [2.05, 4.69) is 36.6 Å². The van der Waals surface area contributed by atoms with Crippen LogP contribution in [0.15, 0.2) is 46.9 Å². The van der Waals surface area contributed by atoms with Gasteiger partial charge in [0.05, 0.1) is 11.2 Å². The highest BCUT2D eigenvalue weighted by molar-refractivity contribution is 9.10. The Balaban J connectivity index is 2.13. The molecule has 0 aliphatic rings. The molecule has 0 unspecified atom stereocenters. The second-order valence-corrected chi connectivity index (χ2v) is 5.60. The molecule has 3 rings (SSSR count). The van der Waals surface area contributed by atoms with Crippen LogP contribution in [-0.2, 0) is 0 Å². The summed E-state index contributed by atoms with van der Waals surface area (Å²) >= 11 is 9.52. The van der Waals surface area contributed by atoms with Gasteiger partial charge in [-0.2, -0.15) is 4.98 Å². The van der Waals surface area contributed by atoms with Crippen molar-refractivity contribution < 1.29 is 0 Å². The third-order valence-electron chi connectivity index (χ3n) is 2.91. The molecule has 0 saturated carbocycles. The third kappa shape index (κ3) is 2.92. The highest BCUT2D eigenvalue weighted by Crippen LogP contribution is 2.31. The second kappa shape index (κ2) is 5.85. The van der Waals surface area contributed by atoms with Gasteiger partial charge in [-0.15, -0.1) is 0 Å². The molecule has 7 heteroatoms. The van der Waals surface area contributed by atoms with Crippen LogP contribution in [0, 0.1) is 0 Å². The number of hydrazine groups is 1. The number of aromatic nitrogens is 2. The van der Waals surface area contributed by atoms with Gasteiger partial charge in [-0.3, -0.25) is 5.43 Å². The molecule has 0 saturated heterocycles. The fourth-order valence-electron chi connectivity index (χ4n) is 1.96. The number of nitrogens with one attached hydrogen (secondary N) is 2. The van der Waals surface area contributed by atoms with Gasteiger partial charge in [0.2, 0.25) is 5.95 Å². The first-order valence-corrected chi connectivity index (χ1v) is 7.30. The molecular weight excluding hydrogens is 354 g/mol. The number of hydrogen-bond donors (Lipinski definition) is 3. The zero-order valence-corrected chi connectivity index (χ0v) is 13.1. The van der Waals surface area contributed by atoms with E-state index >= 15 is 0 Å². The normalized spacial score (nSPS) is 10.6. The number of nitrogen functional groups attached to an aromatic ring is 1. The highest BCUT2D eigenvalue weighted by Gasteiger charge is 2.09. The van der Waals surface area contributed by atoms with Crippen LogP contribution in [0.1, 0.15) is 0 Å². The molecule has 21 heavy (non-hydrogen) atoms. The van der Waals surface area contributed by atoms with E-state index in [1.807, 2.05) is 42.5 Å². The standard InChI is InChI=1S/C14H11BrClN5/c15-10-6-5-8(16)7-12(10)18-13-9-3-1-2-4-11(9)19-14(20-13)21-17/h1-7H,17H2,(H2,18,19,20,21). The lowest BCUT2D eigenvalue weighted by Gasteiger charge is -2.12. The number of anilines is 3. The summed E-state index contributed by atoms with van der Waals surface area (Å²) < 4.78 is 0.886. The summed E-state index contributed by atoms with van der Waals surface area (Å²) in [6, 6.07) is 13.2. The van der Waals surface area contributed by atoms with Gasteiger partial charge in [-0.05, 0) is 46.3 Å². The first-order chi connectivity index (χ1) is 10.2. The number of para-hydroxylation sites is 1. The van der Waals surface area contributed by atoms with Crippen LogP contribution >= 0.6 is 27.5 Å². The van der Waals surface area contributed by atoms with Gasteiger partial charge in [0.15, 0.2) is 0 Å². The zero-order valence-electron chi connectivity index (χ0n) is 10.8. The second-order valence-electron chi connectivity index (χ2n) is 4.31. The van der Waals surface area contributed by atoms with Crippen molar-refractivity contribution in [2.24, 2.45) is 5.84 Å². The predicted molar refractivity (Wildman–Crippen MR) is 89.8 cm³/mol. The number of benzene rings is 2. The maximum absolute atomic E-state index is 6.03. The number of rotatable bonds is 3. The first kappa shape index (κ1) is 14.1. The van der Waals surface area contributed by atoms with Gasteiger partial charge in [-0.25, -0.2) is 10.8 Å². The number of hydrogen-bond acceptors (Lipinski definition) is 5. The maximum Gasteiger partial charge on any atom is 0.239 e. The summed E-state index contributed by atoms with van der Waals surface area (Å²) in [5.74, 6) is 6.42. The molecule has 0 amide bonds. The van der Waals surface area contributed by atoms with E-state index in [0.29, 0.717) is 16.8 Å². The Morgan fingerprint density at radius 3 is 2.71 bits per heavy atom. The van der Waals surface area contributed by atoms with Crippen LogP contribution in [0.5, 0.6) is 0 Å². The van der Waals surface area contributed by atoms with Crippen molar-refractivity contribution in [2.75, 3.05) is 10.7 Å². The summed E-state index contributed by atoms with van der Waals surface area (Å²) in [6.07, 6.45) is 0. The Hall–Kier alpha value is -1.89. The number of fused-ring (bicyclic) bond motifs is 1. The van der Waals surface area contributed by atoms with Crippen LogP contribution in [0.25, 0.3) is 10.9 Å². The molecule has 3 aromatic rings. The van der Waals surface area contributed by atoms with Gasteiger partial charge in [-0.1, -0.05) is 23.7 Å². The van der Waals surface area contributed by atoms with Gasteiger partial charge >= 0.3 is 0 Å². The molecule has 0 fully saturated rings. The lowest BCUT2D eigenvalue weighted by Crippen LogP contribution is -2.11. The molecule has 4 N–H and O–H groups in total. The molecule has 0 aliphatic heterocycles. The summed E-state index contributed by atoms with van der Waals surface area (Å²) in [5, 5.41) is 4.78. The van der Waals surface area contributed by atoms with E-state index in [-0.39, 0.29) is 0 Å². The first-order valence-electron chi connectivity index (χ1n) is 6.13. The molecule has 0 aliphatic carbocycles. The summed E-state index contributed by atoms with van der Waals surface area (Å²) in [7, 11) is 0. The van der Waals surface area contributed by atoms with Gasteiger partial charge in [0, 0.05) is 14.9 Å². The zero-order chi connectivity index (χ0) is 14.8. The average Bonchev–Trinajstić information content (AvgIpc) is 2.50. The quantitative estimate of drug-likeness (QED) is 0.482. The van der Waals surface area contributed by atoms with Crippen molar-refractivity contribution in [3.8, 4) is 0 Å². The summed E-state index contributed by atoms with van der Waals surface area (Å²) in [5.41, 5.74) is 4.08. The predicted octanol–water partition coefficient (Wildman–Crippen LogP) is 4.07. The molecule has 1 heterocycles. The molecule has 1 aromatic heterocycles. The Labute approximate surface area is 134 Å².